The number of carbonyl (C=O) groups excluding carboxylic acids is 1. The molecule has 3 heterocycles. The molecule has 210 valence electrons. The summed E-state index contributed by atoms with van der Waals surface area (Å²) in [6.07, 6.45) is 8.78. The van der Waals surface area contributed by atoms with E-state index in [-0.39, 0.29) is 31.1 Å². The third kappa shape index (κ3) is 7.59. The summed E-state index contributed by atoms with van der Waals surface area (Å²) in [5.74, 6) is 0.912. The Morgan fingerprint density at radius 2 is 1.71 bits per heavy atom. The highest BCUT2D eigenvalue weighted by molar-refractivity contribution is 5.77. The molecule has 38 heavy (non-hydrogen) atoms. The smallest absolute Gasteiger partial charge is 0.314 e. The number of aromatic nitrogens is 1. The normalized spacial score (nSPS) is 20.3. The van der Waals surface area contributed by atoms with Gasteiger partial charge in [0.25, 0.3) is 5.56 Å². The summed E-state index contributed by atoms with van der Waals surface area (Å²) in [4.78, 5) is 28.2. The first-order valence-electron chi connectivity index (χ1n) is 14.6. The molecule has 2 bridgehead atoms. The van der Waals surface area contributed by atoms with Gasteiger partial charge in [0, 0.05) is 37.3 Å². The van der Waals surface area contributed by atoms with Crippen LogP contribution in [0.25, 0.3) is 0 Å². The second-order valence-corrected chi connectivity index (χ2v) is 11.8. The topological polar surface area (TPSA) is 51.5 Å². The van der Waals surface area contributed by atoms with Crippen LogP contribution in [0.4, 0.5) is 0 Å². The van der Waals surface area contributed by atoms with Crippen molar-refractivity contribution in [3.63, 3.8) is 0 Å². The zero-order chi connectivity index (χ0) is 26.4. The lowest BCUT2D eigenvalue weighted by atomic mass is 9.83. The number of ether oxygens (including phenoxy) is 1. The summed E-state index contributed by atoms with van der Waals surface area (Å²) < 4.78 is 8.27. The Balaban J connectivity index is 0.00000400. The van der Waals surface area contributed by atoms with Crippen LogP contribution < -0.4 is 5.56 Å². The molecule has 0 radical (unpaired) electrons. The van der Waals surface area contributed by atoms with Gasteiger partial charge in [-0.2, -0.15) is 0 Å². The van der Waals surface area contributed by atoms with Gasteiger partial charge in [0.15, 0.2) is 6.23 Å². The van der Waals surface area contributed by atoms with Gasteiger partial charge in [-0.25, -0.2) is 0 Å². The summed E-state index contributed by atoms with van der Waals surface area (Å²) in [7, 11) is 0. The van der Waals surface area contributed by atoms with Crippen molar-refractivity contribution in [3.05, 3.63) is 69.6 Å². The van der Waals surface area contributed by atoms with Gasteiger partial charge in [0.2, 0.25) is 0 Å². The molecule has 1 fully saturated rings. The van der Waals surface area contributed by atoms with Crippen LogP contribution in [0.5, 0.6) is 0 Å². The van der Waals surface area contributed by atoms with Crippen molar-refractivity contribution in [3.8, 4) is 0 Å². The Morgan fingerprint density at radius 1 is 0.974 bits per heavy atom. The highest BCUT2D eigenvalue weighted by atomic mass is 16.6. The molecule has 1 saturated heterocycles. The van der Waals surface area contributed by atoms with Crippen LogP contribution in [-0.2, 0) is 22.5 Å². The molecule has 5 nitrogen and oxygen atoms in total. The second kappa shape index (κ2) is 14.1. The highest BCUT2D eigenvalue weighted by Crippen LogP contribution is 2.36. The van der Waals surface area contributed by atoms with Crippen LogP contribution in [0.3, 0.4) is 0 Å². The summed E-state index contributed by atoms with van der Waals surface area (Å²) in [6.45, 7) is 11.1. The largest absolute Gasteiger partial charge is 0.446 e. The van der Waals surface area contributed by atoms with Gasteiger partial charge < -0.3 is 9.30 Å². The second-order valence-electron chi connectivity index (χ2n) is 11.8. The van der Waals surface area contributed by atoms with Crippen LogP contribution >= 0.6 is 0 Å². The number of hydrogen-bond acceptors (Lipinski definition) is 4. The number of likely N-dealkylation sites (tertiary alicyclic amines) is 1. The van der Waals surface area contributed by atoms with E-state index in [1.54, 1.807) is 6.07 Å². The Hall–Kier alpha value is -2.40. The molecule has 2 aromatic rings. The number of rotatable bonds is 12. The predicted molar refractivity (Wildman–Crippen MR) is 157 cm³/mol. The van der Waals surface area contributed by atoms with E-state index in [0.717, 1.165) is 56.6 Å². The molecule has 4 rings (SSSR count). The number of pyridine rings is 1. The van der Waals surface area contributed by atoms with E-state index in [9.17, 15) is 9.59 Å². The molecule has 0 saturated carbocycles. The van der Waals surface area contributed by atoms with Crippen LogP contribution in [-0.4, -0.2) is 34.8 Å². The van der Waals surface area contributed by atoms with Gasteiger partial charge in [-0.3, -0.25) is 14.5 Å². The number of unbranched alkanes of at least 4 members (excludes halogenated alkanes) is 4. The zero-order valence-corrected chi connectivity index (χ0v) is 23.3. The van der Waals surface area contributed by atoms with E-state index < -0.39 is 0 Å². The van der Waals surface area contributed by atoms with Crippen molar-refractivity contribution < 1.29 is 9.53 Å². The fourth-order valence-electron chi connectivity index (χ4n) is 6.19. The lowest BCUT2D eigenvalue weighted by Gasteiger charge is -2.45. The fourth-order valence-corrected chi connectivity index (χ4v) is 6.19. The van der Waals surface area contributed by atoms with Gasteiger partial charge in [-0.05, 0) is 61.6 Å². The van der Waals surface area contributed by atoms with Gasteiger partial charge in [0.1, 0.15) is 0 Å². The highest BCUT2D eigenvalue weighted by Gasteiger charge is 2.38. The molecular formula is C33H50N2O3. The van der Waals surface area contributed by atoms with Crippen LogP contribution in [0.15, 0.2) is 47.3 Å². The lowest BCUT2D eigenvalue weighted by Crippen LogP contribution is -2.51. The molecule has 2 aliphatic rings. The summed E-state index contributed by atoms with van der Waals surface area (Å²) >= 11 is 0. The van der Waals surface area contributed by atoms with Crippen molar-refractivity contribution in [2.24, 2.45) is 11.8 Å². The monoisotopic (exact) mass is 522 g/mol. The van der Waals surface area contributed by atoms with E-state index in [2.05, 4.69) is 56.0 Å². The number of esters is 1. The summed E-state index contributed by atoms with van der Waals surface area (Å²) in [5.41, 5.74) is 3.57. The number of carbonyl (C=O) groups is 1. The minimum Gasteiger partial charge on any atom is -0.446 e. The predicted octanol–water partition coefficient (Wildman–Crippen LogP) is 7.14. The molecule has 0 spiro atoms. The number of fused-ring (bicyclic) bond motifs is 4. The number of piperidine rings is 1. The molecule has 1 aromatic carbocycles. The average Bonchev–Trinajstić information content (AvgIpc) is 2.88. The van der Waals surface area contributed by atoms with E-state index in [0.29, 0.717) is 17.8 Å². The minimum atomic E-state index is -0.292. The Morgan fingerprint density at radius 3 is 2.42 bits per heavy atom. The molecule has 0 amide bonds. The van der Waals surface area contributed by atoms with Gasteiger partial charge in [0.05, 0.1) is 5.92 Å². The fraction of sp³-hybridized carbons (Fsp3) is 0.636. The molecular weight excluding hydrogens is 472 g/mol. The third-order valence-corrected chi connectivity index (χ3v) is 8.20. The van der Waals surface area contributed by atoms with E-state index >= 15 is 0 Å². The van der Waals surface area contributed by atoms with Crippen LogP contribution in [0, 0.1) is 11.8 Å². The van der Waals surface area contributed by atoms with Crippen molar-refractivity contribution in [2.75, 3.05) is 13.1 Å². The molecule has 4 atom stereocenters. The van der Waals surface area contributed by atoms with Crippen molar-refractivity contribution >= 4 is 5.97 Å². The number of nitrogens with zero attached hydrogens (tertiary/aromatic N) is 2. The van der Waals surface area contributed by atoms with Crippen LogP contribution in [0.2, 0.25) is 0 Å². The molecule has 0 N–H and O–H groups in total. The van der Waals surface area contributed by atoms with Gasteiger partial charge in [-0.15, -0.1) is 0 Å². The van der Waals surface area contributed by atoms with Crippen molar-refractivity contribution in [1.82, 2.24) is 9.47 Å². The molecule has 1 aromatic heterocycles. The lowest BCUT2D eigenvalue weighted by molar-refractivity contribution is -0.164. The molecule has 3 unspecified atom stereocenters. The van der Waals surface area contributed by atoms with Crippen LogP contribution in [0.1, 0.15) is 109 Å². The Bertz CT molecular complexity index is 1070. The molecule has 5 heteroatoms. The Labute approximate surface area is 230 Å². The van der Waals surface area contributed by atoms with Gasteiger partial charge >= 0.3 is 5.97 Å². The SMILES string of the molecule is C.CCCCCCCC(OC(=O)C(C)c1ccc(CC(C)C)cc1)N1CC2C[C@@H](C1)Cn1c2cccc1=O. The molecule has 2 aliphatic heterocycles. The maximum absolute atomic E-state index is 13.4. The minimum absolute atomic E-state index is 0. The van der Waals surface area contributed by atoms with E-state index in [1.165, 1.54) is 31.2 Å². The first kappa shape index (κ1) is 30.1. The maximum Gasteiger partial charge on any atom is 0.314 e. The standard InChI is InChI=1S/C32H46N2O3.CH4/c1-5-6-7-8-9-13-31(37-32(36)24(4)27-16-14-25(15-17-27)18-23(2)3)33-20-26-19-28(22-33)29-11-10-12-30(35)34(29)21-26;/h10-12,14-17,23-24,26,28,31H,5-9,13,18-22H2,1-4H3;1H4/t24?,26-,28?,31?;/m0./s1. The number of benzene rings is 1. The third-order valence-electron chi connectivity index (χ3n) is 8.20. The van der Waals surface area contributed by atoms with E-state index in [1.807, 2.05) is 17.6 Å². The maximum atomic E-state index is 13.4. The first-order chi connectivity index (χ1) is 17.9. The van der Waals surface area contributed by atoms with Crippen molar-refractivity contribution in [2.45, 2.75) is 111 Å². The zero-order valence-electron chi connectivity index (χ0n) is 23.3. The van der Waals surface area contributed by atoms with E-state index in [4.69, 9.17) is 4.74 Å². The number of hydrogen-bond donors (Lipinski definition) is 0. The van der Waals surface area contributed by atoms with Crippen molar-refractivity contribution in [1.29, 1.82) is 0 Å². The Kier molecular flexibility index (Phi) is 11.2. The summed E-state index contributed by atoms with van der Waals surface area (Å²) in [6, 6.07) is 14.1. The van der Waals surface area contributed by atoms with Gasteiger partial charge in [-0.1, -0.05) is 84.2 Å². The first-order valence-corrected chi connectivity index (χ1v) is 14.6. The average molecular weight is 523 g/mol. The quantitative estimate of drug-likeness (QED) is 0.220. The molecule has 0 aliphatic carbocycles. The summed E-state index contributed by atoms with van der Waals surface area (Å²) in [5, 5.41) is 0.